The molecule has 1 unspecified atom stereocenters. The Hall–Kier alpha value is -1.92. The van der Waals surface area contributed by atoms with E-state index in [4.69, 9.17) is 4.98 Å². The Kier molecular flexibility index (Phi) is 5.16. The fourth-order valence-electron chi connectivity index (χ4n) is 3.32. The van der Waals surface area contributed by atoms with E-state index in [1.807, 2.05) is 27.2 Å². The molecule has 1 atom stereocenters. The van der Waals surface area contributed by atoms with Crippen molar-refractivity contribution in [1.82, 2.24) is 24.8 Å². The first kappa shape index (κ1) is 16.9. The average molecular weight is 329 g/mol. The SMILES string of the molecule is Cc1ncc(CN(C)C)c(C2CCCN2Cc2ncccc2F)n1. The molecular formula is C18H24FN5. The molecule has 0 aliphatic carbocycles. The molecule has 1 aliphatic heterocycles. The molecular weight excluding hydrogens is 305 g/mol. The van der Waals surface area contributed by atoms with Gasteiger partial charge in [0.1, 0.15) is 11.6 Å². The third-order valence-corrected chi connectivity index (χ3v) is 4.37. The van der Waals surface area contributed by atoms with Crippen molar-refractivity contribution in [2.45, 2.75) is 38.9 Å². The number of nitrogens with zero attached hydrogens (tertiary/aromatic N) is 5. The van der Waals surface area contributed by atoms with Gasteiger partial charge >= 0.3 is 0 Å². The molecule has 0 amide bonds. The average Bonchev–Trinajstić information content (AvgIpc) is 2.99. The van der Waals surface area contributed by atoms with E-state index in [1.165, 1.54) is 6.07 Å². The minimum absolute atomic E-state index is 0.197. The number of halogens is 1. The van der Waals surface area contributed by atoms with Crippen LogP contribution in [0.25, 0.3) is 0 Å². The van der Waals surface area contributed by atoms with Gasteiger partial charge in [-0.1, -0.05) is 0 Å². The molecule has 0 radical (unpaired) electrons. The summed E-state index contributed by atoms with van der Waals surface area (Å²) in [5, 5.41) is 0. The Labute approximate surface area is 142 Å². The highest BCUT2D eigenvalue weighted by Gasteiger charge is 2.30. The smallest absolute Gasteiger partial charge is 0.146 e. The number of likely N-dealkylation sites (tertiary alicyclic amines) is 1. The van der Waals surface area contributed by atoms with Gasteiger partial charge in [-0.3, -0.25) is 9.88 Å². The van der Waals surface area contributed by atoms with Gasteiger partial charge in [-0.25, -0.2) is 14.4 Å². The number of aryl methyl sites for hydroxylation is 1. The molecule has 0 spiro atoms. The van der Waals surface area contributed by atoms with Gasteiger partial charge < -0.3 is 4.90 Å². The van der Waals surface area contributed by atoms with Gasteiger partial charge in [-0.2, -0.15) is 0 Å². The fourth-order valence-corrected chi connectivity index (χ4v) is 3.32. The molecule has 5 nitrogen and oxygen atoms in total. The summed E-state index contributed by atoms with van der Waals surface area (Å²) in [5.41, 5.74) is 2.72. The maximum Gasteiger partial charge on any atom is 0.146 e. The van der Waals surface area contributed by atoms with Gasteiger partial charge in [-0.15, -0.1) is 0 Å². The molecule has 0 bridgehead atoms. The molecule has 0 saturated carbocycles. The van der Waals surface area contributed by atoms with Crippen molar-refractivity contribution in [2.75, 3.05) is 20.6 Å². The Morgan fingerprint density at radius 2 is 2.17 bits per heavy atom. The lowest BCUT2D eigenvalue weighted by molar-refractivity contribution is 0.234. The van der Waals surface area contributed by atoms with Crippen molar-refractivity contribution in [2.24, 2.45) is 0 Å². The lowest BCUT2D eigenvalue weighted by Crippen LogP contribution is -2.26. The summed E-state index contributed by atoms with van der Waals surface area (Å²) in [7, 11) is 4.08. The lowest BCUT2D eigenvalue weighted by atomic mass is 10.1. The van der Waals surface area contributed by atoms with Crippen LogP contribution in [0.2, 0.25) is 0 Å². The molecule has 6 heteroatoms. The van der Waals surface area contributed by atoms with Crippen LogP contribution < -0.4 is 0 Å². The quantitative estimate of drug-likeness (QED) is 0.844. The predicted molar refractivity (Wildman–Crippen MR) is 90.7 cm³/mol. The first-order valence-electron chi connectivity index (χ1n) is 8.35. The Morgan fingerprint density at radius 3 is 2.92 bits per heavy atom. The van der Waals surface area contributed by atoms with Gasteiger partial charge in [0.05, 0.1) is 17.4 Å². The summed E-state index contributed by atoms with van der Waals surface area (Å²) >= 11 is 0. The van der Waals surface area contributed by atoms with Crippen molar-refractivity contribution >= 4 is 0 Å². The molecule has 0 N–H and O–H groups in total. The van der Waals surface area contributed by atoms with Crippen LogP contribution in [0.15, 0.2) is 24.5 Å². The van der Waals surface area contributed by atoms with Crippen LogP contribution in [-0.2, 0) is 13.1 Å². The molecule has 3 heterocycles. The second-order valence-electron chi connectivity index (χ2n) is 6.63. The van der Waals surface area contributed by atoms with Crippen molar-refractivity contribution < 1.29 is 4.39 Å². The van der Waals surface area contributed by atoms with Gasteiger partial charge in [0.2, 0.25) is 0 Å². The van der Waals surface area contributed by atoms with Crippen LogP contribution in [0.5, 0.6) is 0 Å². The highest BCUT2D eigenvalue weighted by molar-refractivity contribution is 5.22. The van der Waals surface area contributed by atoms with Crippen LogP contribution in [0.4, 0.5) is 4.39 Å². The van der Waals surface area contributed by atoms with E-state index < -0.39 is 0 Å². The minimum Gasteiger partial charge on any atom is -0.305 e. The largest absolute Gasteiger partial charge is 0.305 e. The highest BCUT2D eigenvalue weighted by Crippen LogP contribution is 2.34. The van der Waals surface area contributed by atoms with E-state index in [0.29, 0.717) is 12.2 Å². The van der Waals surface area contributed by atoms with Crippen LogP contribution in [-0.4, -0.2) is 45.4 Å². The molecule has 24 heavy (non-hydrogen) atoms. The monoisotopic (exact) mass is 329 g/mol. The Morgan fingerprint density at radius 1 is 1.33 bits per heavy atom. The van der Waals surface area contributed by atoms with Crippen LogP contribution >= 0.6 is 0 Å². The summed E-state index contributed by atoms with van der Waals surface area (Å²) in [6.07, 6.45) is 5.69. The second-order valence-corrected chi connectivity index (χ2v) is 6.63. The first-order chi connectivity index (χ1) is 11.5. The van der Waals surface area contributed by atoms with Crippen LogP contribution in [0, 0.1) is 12.7 Å². The standard InChI is InChI=1S/C18H24FN5/c1-13-21-10-14(11-23(2)3)18(22-13)17-7-5-9-24(17)12-16-15(19)6-4-8-20-16/h4,6,8,10,17H,5,7,9,11-12H2,1-3H3. The maximum absolute atomic E-state index is 14.0. The fraction of sp³-hybridized carbons (Fsp3) is 0.500. The molecule has 2 aromatic rings. The number of aromatic nitrogens is 3. The van der Waals surface area contributed by atoms with Gasteiger partial charge in [0.25, 0.3) is 0 Å². The van der Waals surface area contributed by atoms with Crippen molar-refractivity contribution in [3.8, 4) is 0 Å². The lowest BCUT2D eigenvalue weighted by Gasteiger charge is -2.26. The second kappa shape index (κ2) is 7.32. The Bertz CT molecular complexity index is 704. The molecule has 0 aromatic carbocycles. The van der Waals surface area contributed by atoms with E-state index >= 15 is 0 Å². The maximum atomic E-state index is 14.0. The number of hydrogen-bond acceptors (Lipinski definition) is 5. The van der Waals surface area contributed by atoms with Gasteiger partial charge in [-0.05, 0) is 52.5 Å². The van der Waals surface area contributed by atoms with Gasteiger partial charge in [0.15, 0.2) is 0 Å². The predicted octanol–water partition coefficient (Wildman–Crippen LogP) is 2.72. The minimum atomic E-state index is -0.240. The summed E-state index contributed by atoms with van der Waals surface area (Å²) in [6, 6.07) is 3.30. The van der Waals surface area contributed by atoms with Gasteiger partial charge in [0, 0.05) is 31.0 Å². The molecule has 128 valence electrons. The highest BCUT2D eigenvalue weighted by atomic mass is 19.1. The molecule has 1 fully saturated rings. The van der Waals surface area contributed by atoms with Crippen molar-refractivity contribution in [3.05, 3.63) is 53.1 Å². The number of hydrogen-bond donors (Lipinski definition) is 0. The molecule has 1 saturated heterocycles. The third-order valence-electron chi connectivity index (χ3n) is 4.37. The number of pyridine rings is 1. The molecule has 1 aliphatic rings. The van der Waals surface area contributed by atoms with Crippen molar-refractivity contribution in [1.29, 1.82) is 0 Å². The molecule has 2 aromatic heterocycles. The summed E-state index contributed by atoms with van der Waals surface area (Å²) in [5.74, 6) is 0.541. The zero-order valence-corrected chi connectivity index (χ0v) is 14.5. The van der Waals surface area contributed by atoms with E-state index in [9.17, 15) is 4.39 Å². The van der Waals surface area contributed by atoms with Crippen LogP contribution in [0.1, 0.15) is 41.7 Å². The third kappa shape index (κ3) is 3.76. The number of rotatable bonds is 5. The first-order valence-corrected chi connectivity index (χ1v) is 8.35. The van der Waals surface area contributed by atoms with Crippen molar-refractivity contribution in [3.63, 3.8) is 0 Å². The Balaban J connectivity index is 1.88. The summed E-state index contributed by atoms with van der Waals surface area (Å²) < 4.78 is 14.0. The van der Waals surface area contributed by atoms with E-state index in [2.05, 4.69) is 19.8 Å². The summed E-state index contributed by atoms with van der Waals surface area (Å²) in [6.45, 7) is 4.17. The van der Waals surface area contributed by atoms with Crippen LogP contribution in [0.3, 0.4) is 0 Å². The topological polar surface area (TPSA) is 45.2 Å². The zero-order chi connectivity index (χ0) is 17.1. The summed E-state index contributed by atoms with van der Waals surface area (Å²) in [4.78, 5) is 17.7. The zero-order valence-electron chi connectivity index (χ0n) is 14.5. The van der Waals surface area contributed by atoms with E-state index in [-0.39, 0.29) is 11.9 Å². The van der Waals surface area contributed by atoms with E-state index in [0.717, 1.165) is 43.0 Å². The van der Waals surface area contributed by atoms with E-state index in [1.54, 1.807) is 12.3 Å². The molecule has 3 rings (SSSR count). The normalized spacial score (nSPS) is 18.5.